The number of carbonyl (C=O) groups excluding carboxylic acids is 2. The van der Waals surface area contributed by atoms with E-state index in [2.05, 4.69) is 43.5 Å². The first-order chi connectivity index (χ1) is 37.0. The van der Waals surface area contributed by atoms with Gasteiger partial charge in [-0.1, -0.05) is 346 Å². The predicted octanol–water partition coefficient (Wildman–Crippen LogP) is 21.8. The Labute approximate surface area is 469 Å². The molecule has 6 nitrogen and oxygen atoms in total. The molecule has 75 heavy (non-hydrogen) atoms. The van der Waals surface area contributed by atoms with E-state index < -0.39 is 12.1 Å². The maximum absolute atomic E-state index is 12.5. The normalized spacial score (nSPS) is 12.6. The van der Waals surface area contributed by atoms with Crippen molar-refractivity contribution in [3.63, 3.8) is 0 Å². The molecule has 0 saturated carbocycles. The molecule has 2 unspecified atom stereocenters. The average molecular weight is 1060 g/mol. The minimum atomic E-state index is -0.669. The first-order valence-corrected chi connectivity index (χ1v) is 34.1. The second-order valence-electron chi connectivity index (χ2n) is 23.5. The van der Waals surface area contributed by atoms with E-state index in [1.807, 2.05) is 0 Å². The summed E-state index contributed by atoms with van der Waals surface area (Å²) in [6.45, 7) is 4.88. The number of carbonyl (C=O) groups is 2. The van der Waals surface area contributed by atoms with Crippen molar-refractivity contribution in [3.05, 3.63) is 24.3 Å². The van der Waals surface area contributed by atoms with Gasteiger partial charge in [-0.15, -0.1) is 0 Å². The summed E-state index contributed by atoms with van der Waals surface area (Å²) in [6.07, 6.45) is 80.9. The lowest BCUT2D eigenvalue weighted by molar-refractivity contribution is -0.143. The molecule has 0 aromatic heterocycles. The minimum absolute atomic E-state index is 0.0336. The van der Waals surface area contributed by atoms with Crippen LogP contribution in [-0.2, 0) is 14.3 Å². The lowest BCUT2D eigenvalue weighted by Gasteiger charge is -2.22. The molecular formula is C69H133NO5. The van der Waals surface area contributed by atoms with Gasteiger partial charge in [0.1, 0.15) is 0 Å². The molecule has 0 saturated heterocycles. The molecule has 1 amide bonds. The Kier molecular flexibility index (Phi) is 63.4. The molecular weight excluding hydrogens is 923 g/mol. The molecule has 6 heteroatoms. The zero-order valence-corrected chi connectivity index (χ0v) is 50.8. The number of aliphatic hydroxyl groups excluding tert-OH is 2. The highest BCUT2D eigenvalue weighted by Gasteiger charge is 2.20. The van der Waals surface area contributed by atoms with E-state index in [1.54, 1.807) is 0 Å². The van der Waals surface area contributed by atoms with Gasteiger partial charge in [0.15, 0.2) is 0 Å². The first kappa shape index (κ1) is 73.3. The number of esters is 1. The molecule has 3 N–H and O–H groups in total. The van der Waals surface area contributed by atoms with Gasteiger partial charge in [-0.3, -0.25) is 9.59 Å². The summed E-state index contributed by atoms with van der Waals surface area (Å²) in [7, 11) is 0. The van der Waals surface area contributed by atoms with E-state index in [-0.39, 0.29) is 18.5 Å². The molecule has 0 aromatic rings. The zero-order chi connectivity index (χ0) is 54.3. The molecule has 0 radical (unpaired) electrons. The molecule has 0 aromatic carbocycles. The summed E-state index contributed by atoms with van der Waals surface area (Å²) in [5.41, 5.74) is 0. The van der Waals surface area contributed by atoms with Crippen molar-refractivity contribution in [3.8, 4) is 0 Å². The third kappa shape index (κ3) is 61.4. The van der Waals surface area contributed by atoms with Gasteiger partial charge in [0.25, 0.3) is 0 Å². The number of nitrogens with one attached hydrogen (secondary N) is 1. The molecule has 0 fully saturated rings. The molecule has 0 heterocycles. The third-order valence-electron chi connectivity index (χ3n) is 16.0. The Bertz CT molecular complexity index is 1170. The lowest BCUT2D eigenvalue weighted by atomic mass is 10.0. The zero-order valence-electron chi connectivity index (χ0n) is 50.8. The summed E-state index contributed by atoms with van der Waals surface area (Å²) in [5, 5.41) is 23.4. The number of hydrogen-bond donors (Lipinski definition) is 3. The fourth-order valence-corrected chi connectivity index (χ4v) is 10.8. The monoisotopic (exact) mass is 1060 g/mol. The van der Waals surface area contributed by atoms with Crippen LogP contribution >= 0.6 is 0 Å². The van der Waals surface area contributed by atoms with Gasteiger partial charge in [0.05, 0.1) is 25.4 Å². The van der Waals surface area contributed by atoms with Crippen LogP contribution in [0.3, 0.4) is 0 Å². The van der Waals surface area contributed by atoms with Crippen LogP contribution in [0.5, 0.6) is 0 Å². The summed E-state index contributed by atoms with van der Waals surface area (Å²) < 4.78 is 5.41. The van der Waals surface area contributed by atoms with Crippen molar-refractivity contribution >= 4 is 11.9 Å². The van der Waals surface area contributed by atoms with E-state index in [9.17, 15) is 19.8 Å². The van der Waals surface area contributed by atoms with E-state index in [0.717, 1.165) is 51.4 Å². The molecule has 0 rings (SSSR count). The number of rotatable bonds is 64. The Balaban J connectivity index is 3.44. The molecule has 444 valence electrons. The summed E-state index contributed by atoms with van der Waals surface area (Å²) in [5.74, 6) is -0.0687. The molecule has 0 bridgehead atoms. The topological polar surface area (TPSA) is 95.9 Å². The fraction of sp³-hybridized carbons (Fsp3) is 0.913. The van der Waals surface area contributed by atoms with Crippen molar-refractivity contribution < 1.29 is 24.5 Å². The van der Waals surface area contributed by atoms with Gasteiger partial charge in [-0.2, -0.15) is 0 Å². The Morgan fingerprint density at radius 3 is 1.01 bits per heavy atom. The lowest BCUT2D eigenvalue weighted by Crippen LogP contribution is -2.45. The van der Waals surface area contributed by atoms with Crippen LogP contribution in [0.4, 0.5) is 0 Å². The number of hydrogen-bond acceptors (Lipinski definition) is 5. The second-order valence-corrected chi connectivity index (χ2v) is 23.5. The highest BCUT2D eigenvalue weighted by Crippen LogP contribution is 2.19. The molecule has 2 atom stereocenters. The number of aliphatic hydroxyl groups is 2. The van der Waals surface area contributed by atoms with Crippen molar-refractivity contribution in [1.29, 1.82) is 0 Å². The maximum atomic E-state index is 12.5. The van der Waals surface area contributed by atoms with Crippen LogP contribution in [0.15, 0.2) is 24.3 Å². The van der Waals surface area contributed by atoms with Gasteiger partial charge >= 0.3 is 5.97 Å². The minimum Gasteiger partial charge on any atom is -0.465 e. The smallest absolute Gasteiger partial charge is 0.305 e. The highest BCUT2D eigenvalue weighted by molar-refractivity contribution is 5.76. The van der Waals surface area contributed by atoms with Crippen molar-refractivity contribution in [1.82, 2.24) is 5.32 Å². The summed E-state index contributed by atoms with van der Waals surface area (Å²) in [4.78, 5) is 24.5. The van der Waals surface area contributed by atoms with Crippen LogP contribution < -0.4 is 5.32 Å². The van der Waals surface area contributed by atoms with Crippen LogP contribution in [-0.4, -0.2) is 47.4 Å². The van der Waals surface area contributed by atoms with Gasteiger partial charge in [0, 0.05) is 12.8 Å². The van der Waals surface area contributed by atoms with Crippen LogP contribution in [0.2, 0.25) is 0 Å². The largest absolute Gasteiger partial charge is 0.465 e. The molecule has 0 aliphatic rings. The Morgan fingerprint density at radius 1 is 0.373 bits per heavy atom. The van der Waals surface area contributed by atoms with Gasteiger partial charge in [-0.05, 0) is 44.9 Å². The van der Waals surface area contributed by atoms with Crippen LogP contribution in [0, 0.1) is 0 Å². The fourth-order valence-electron chi connectivity index (χ4n) is 10.8. The van der Waals surface area contributed by atoms with Crippen molar-refractivity contribution in [2.45, 2.75) is 392 Å². The van der Waals surface area contributed by atoms with Crippen molar-refractivity contribution in [2.75, 3.05) is 13.2 Å². The second kappa shape index (κ2) is 64.9. The van der Waals surface area contributed by atoms with Crippen molar-refractivity contribution in [2.24, 2.45) is 0 Å². The highest BCUT2D eigenvalue weighted by atomic mass is 16.5. The van der Waals surface area contributed by atoms with E-state index in [1.165, 1.54) is 295 Å². The van der Waals surface area contributed by atoms with Gasteiger partial charge < -0.3 is 20.3 Å². The SMILES string of the molecule is CCCCCCCCCCCCCCCCCCCCCCCCCCCC(O)C(CO)NC(=O)CCCCCCCCCCCCCCCC/C=C\C/C=C\CCOC(=O)CCCCCCCCCCCCCC. The first-order valence-electron chi connectivity index (χ1n) is 34.1. The standard InChI is InChI=1S/C69H133NO5/c1-3-5-7-9-11-13-15-17-18-19-20-21-22-23-24-26-29-32-35-38-41-45-49-53-57-61-67(72)66(65-71)70-68(73)62-58-54-50-46-42-39-36-33-30-27-25-28-31-34-37-40-44-48-52-56-60-64-75-69(74)63-59-55-51-47-43-16-14-12-10-8-6-4-2/h40,44,52,56,66-67,71-72H,3-39,41-43,45-51,53-55,57-65H2,1-2H3,(H,70,73)/b44-40-,56-52-. The molecule has 0 aliphatic heterocycles. The Morgan fingerprint density at radius 2 is 0.667 bits per heavy atom. The Hall–Kier alpha value is -1.66. The molecule has 0 spiro atoms. The summed E-state index contributed by atoms with van der Waals surface area (Å²) in [6, 6.07) is -0.547. The average Bonchev–Trinajstić information content (AvgIpc) is 3.41. The van der Waals surface area contributed by atoms with E-state index in [4.69, 9.17) is 4.74 Å². The quantitative estimate of drug-likeness (QED) is 0.0320. The number of ether oxygens (including phenoxy) is 1. The van der Waals surface area contributed by atoms with Crippen LogP contribution in [0.25, 0.3) is 0 Å². The summed E-state index contributed by atoms with van der Waals surface area (Å²) >= 11 is 0. The van der Waals surface area contributed by atoms with Crippen LogP contribution in [0.1, 0.15) is 380 Å². The van der Waals surface area contributed by atoms with Gasteiger partial charge in [0.2, 0.25) is 5.91 Å². The number of unbranched alkanes of at least 4 members (excludes halogenated alkanes) is 49. The number of amides is 1. The predicted molar refractivity (Wildman–Crippen MR) is 329 cm³/mol. The number of allylic oxidation sites excluding steroid dienone is 3. The molecule has 0 aliphatic carbocycles. The third-order valence-corrected chi connectivity index (χ3v) is 16.0. The van der Waals surface area contributed by atoms with E-state index in [0.29, 0.717) is 25.9 Å². The van der Waals surface area contributed by atoms with Gasteiger partial charge in [-0.25, -0.2) is 0 Å². The maximum Gasteiger partial charge on any atom is 0.305 e. The van der Waals surface area contributed by atoms with E-state index >= 15 is 0 Å².